The van der Waals surface area contributed by atoms with Crippen molar-refractivity contribution in [2.24, 2.45) is 5.92 Å². The molecule has 1 aliphatic carbocycles. The Balaban J connectivity index is 1.25. The number of fused-ring (bicyclic) bond motifs is 1. The number of halogens is 1. The molecular formula is C25H28FN5O3. The number of imidazole rings is 1. The van der Waals surface area contributed by atoms with Gasteiger partial charge in [0.25, 0.3) is 11.8 Å². The summed E-state index contributed by atoms with van der Waals surface area (Å²) in [6, 6.07) is 5.76. The number of hydrogen-bond donors (Lipinski definition) is 2. The molecule has 5 rings (SSSR count). The molecule has 1 saturated carbocycles. The van der Waals surface area contributed by atoms with Crippen molar-refractivity contribution in [3.05, 3.63) is 59.4 Å². The Morgan fingerprint density at radius 3 is 2.76 bits per heavy atom. The highest BCUT2D eigenvalue weighted by Crippen LogP contribution is 2.37. The maximum absolute atomic E-state index is 13.2. The third-order valence-corrected chi connectivity index (χ3v) is 6.71. The highest BCUT2D eigenvalue weighted by molar-refractivity contribution is 6.10. The molecule has 3 aliphatic rings. The van der Waals surface area contributed by atoms with Crippen molar-refractivity contribution in [2.45, 2.75) is 44.9 Å². The van der Waals surface area contributed by atoms with Crippen molar-refractivity contribution in [1.82, 2.24) is 19.8 Å². The number of benzene rings is 1. The smallest absolute Gasteiger partial charge is 0.272 e. The minimum atomic E-state index is -0.390. The lowest BCUT2D eigenvalue weighted by Crippen LogP contribution is -2.53. The van der Waals surface area contributed by atoms with Gasteiger partial charge in [0.15, 0.2) is 6.23 Å². The topological polar surface area (TPSA) is 102 Å². The minimum Gasteiger partial charge on any atom is -0.343 e. The molecule has 2 aromatic rings. The fourth-order valence-electron chi connectivity index (χ4n) is 4.54. The Kier molecular flexibility index (Phi) is 6.03. The molecule has 1 aromatic carbocycles. The van der Waals surface area contributed by atoms with Crippen LogP contribution < -0.4 is 0 Å². The number of allylic oxidation sites excluding steroid dienone is 2. The van der Waals surface area contributed by atoms with Crippen LogP contribution in [0.5, 0.6) is 0 Å². The predicted molar refractivity (Wildman–Crippen MR) is 124 cm³/mol. The maximum atomic E-state index is 13.2. The summed E-state index contributed by atoms with van der Waals surface area (Å²) >= 11 is 0. The van der Waals surface area contributed by atoms with E-state index in [1.807, 2.05) is 6.92 Å². The van der Waals surface area contributed by atoms with Gasteiger partial charge in [-0.3, -0.25) is 9.59 Å². The fourth-order valence-corrected chi connectivity index (χ4v) is 4.54. The molecule has 2 atom stereocenters. The van der Waals surface area contributed by atoms with Crippen LogP contribution in [0.3, 0.4) is 0 Å². The van der Waals surface area contributed by atoms with Crippen molar-refractivity contribution < 1.29 is 18.7 Å². The first kappa shape index (κ1) is 22.5. The SMILES string of the molecule is CC/C(=C/C(=N)c1ccc(F)cc1)c1ncc(C(=O)N2CCN3C(=O)C(CC4CC4)OC3C2)[nH]1. The van der Waals surface area contributed by atoms with Gasteiger partial charge >= 0.3 is 0 Å². The predicted octanol–water partition coefficient (Wildman–Crippen LogP) is 3.22. The molecule has 9 heteroatoms. The Hall–Kier alpha value is -3.33. The van der Waals surface area contributed by atoms with Crippen LogP contribution >= 0.6 is 0 Å². The lowest BCUT2D eigenvalue weighted by atomic mass is 10.1. The van der Waals surface area contributed by atoms with Gasteiger partial charge in [-0.2, -0.15) is 0 Å². The van der Waals surface area contributed by atoms with Crippen LogP contribution in [-0.2, 0) is 9.53 Å². The largest absolute Gasteiger partial charge is 0.343 e. The van der Waals surface area contributed by atoms with E-state index in [9.17, 15) is 14.0 Å². The summed E-state index contributed by atoms with van der Waals surface area (Å²) in [7, 11) is 0. The van der Waals surface area contributed by atoms with Crippen LogP contribution in [-0.4, -0.2) is 69.3 Å². The first-order valence-corrected chi connectivity index (χ1v) is 11.8. The highest BCUT2D eigenvalue weighted by atomic mass is 19.1. The van der Waals surface area contributed by atoms with Gasteiger partial charge in [0, 0.05) is 13.1 Å². The second-order valence-electron chi connectivity index (χ2n) is 9.13. The number of H-pyrrole nitrogens is 1. The van der Waals surface area contributed by atoms with Gasteiger partial charge in [-0.25, -0.2) is 9.37 Å². The molecule has 0 spiro atoms. The van der Waals surface area contributed by atoms with Crippen molar-refractivity contribution in [3.63, 3.8) is 0 Å². The molecule has 34 heavy (non-hydrogen) atoms. The van der Waals surface area contributed by atoms with Gasteiger partial charge in [0.2, 0.25) is 0 Å². The Labute approximate surface area is 197 Å². The third kappa shape index (κ3) is 4.52. The molecule has 2 unspecified atom stereocenters. The number of carbonyl (C=O) groups is 2. The van der Waals surface area contributed by atoms with Gasteiger partial charge < -0.3 is 24.9 Å². The number of ether oxygens (including phenoxy) is 1. The Morgan fingerprint density at radius 2 is 2.06 bits per heavy atom. The zero-order valence-corrected chi connectivity index (χ0v) is 19.1. The van der Waals surface area contributed by atoms with Gasteiger partial charge in [0.1, 0.15) is 23.4 Å². The summed E-state index contributed by atoms with van der Waals surface area (Å²) < 4.78 is 19.2. The molecule has 2 amide bonds. The molecule has 178 valence electrons. The van der Waals surface area contributed by atoms with Crippen LogP contribution in [0, 0.1) is 17.1 Å². The first-order chi connectivity index (χ1) is 16.4. The summed E-state index contributed by atoms with van der Waals surface area (Å²) in [4.78, 5) is 36.7. The Bertz CT molecular complexity index is 1140. The molecular weight excluding hydrogens is 437 g/mol. The molecule has 0 radical (unpaired) electrons. The lowest BCUT2D eigenvalue weighted by Gasteiger charge is -2.35. The van der Waals surface area contributed by atoms with Crippen LogP contribution in [0.25, 0.3) is 5.57 Å². The number of hydrogen-bond acceptors (Lipinski definition) is 5. The minimum absolute atomic E-state index is 0.0501. The molecule has 2 saturated heterocycles. The number of aromatic amines is 1. The number of amides is 2. The third-order valence-electron chi connectivity index (χ3n) is 6.71. The zero-order valence-electron chi connectivity index (χ0n) is 19.1. The normalized spacial score (nSPS) is 22.8. The van der Waals surface area contributed by atoms with E-state index in [0.29, 0.717) is 49.1 Å². The van der Waals surface area contributed by atoms with E-state index in [1.165, 1.54) is 31.2 Å². The van der Waals surface area contributed by atoms with Gasteiger partial charge in [-0.05, 0) is 60.2 Å². The van der Waals surface area contributed by atoms with Gasteiger partial charge in [-0.1, -0.05) is 19.8 Å². The summed E-state index contributed by atoms with van der Waals surface area (Å²) in [6.07, 6.45) is 6.14. The van der Waals surface area contributed by atoms with E-state index in [2.05, 4.69) is 9.97 Å². The number of piperazine rings is 1. The van der Waals surface area contributed by atoms with E-state index >= 15 is 0 Å². The molecule has 1 aromatic heterocycles. The lowest BCUT2D eigenvalue weighted by molar-refractivity contribution is -0.131. The van der Waals surface area contributed by atoms with E-state index in [4.69, 9.17) is 10.1 Å². The molecule has 8 nitrogen and oxygen atoms in total. The second kappa shape index (κ2) is 9.13. The number of rotatable bonds is 7. The van der Waals surface area contributed by atoms with Crippen LogP contribution in [0.2, 0.25) is 0 Å². The number of nitrogens with zero attached hydrogens (tertiary/aromatic N) is 3. The molecule has 3 fully saturated rings. The van der Waals surface area contributed by atoms with Crippen LogP contribution in [0.4, 0.5) is 4.39 Å². The average molecular weight is 466 g/mol. The first-order valence-electron chi connectivity index (χ1n) is 11.8. The number of carbonyl (C=O) groups excluding carboxylic acids is 2. The summed E-state index contributed by atoms with van der Waals surface area (Å²) in [5.74, 6) is 0.630. The quantitative estimate of drug-likeness (QED) is 0.613. The van der Waals surface area contributed by atoms with Gasteiger partial charge in [-0.15, -0.1) is 0 Å². The second-order valence-corrected chi connectivity index (χ2v) is 9.13. The summed E-state index contributed by atoms with van der Waals surface area (Å²) in [6.45, 7) is 3.19. The summed E-state index contributed by atoms with van der Waals surface area (Å²) in [5, 5.41) is 8.32. The maximum Gasteiger partial charge on any atom is 0.272 e. The standard InChI is InChI=1S/C25H28FN5O3/c1-2-16(12-19(27)17-5-7-18(26)8-6-17)23-28-13-20(29-23)24(32)30-9-10-31-22(14-30)34-21(25(31)33)11-15-3-4-15/h5-8,12-13,15,21-22,27H,2-4,9-11,14H2,1H3,(H,28,29)/b16-12-,27-19?. The van der Waals surface area contributed by atoms with E-state index in [0.717, 1.165) is 12.0 Å². The molecule has 0 bridgehead atoms. The van der Waals surface area contributed by atoms with Crippen molar-refractivity contribution in [2.75, 3.05) is 19.6 Å². The number of aromatic nitrogens is 2. The zero-order chi connectivity index (χ0) is 23.8. The van der Waals surface area contributed by atoms with Crippen molar-refractivity contribution >= 4 is 23.1 Å². The molecule has 2 aliphatic heterocycles. The molecule has 3 heterocycles. The van der Waals surface area contributed by atoms with Crippen LogP contribution in [0.15, 0.2) is 36.5 Å². The summed E-state index contributed by atoms with van der Waals surface area (Å²) in [5.41, 5.74) is 1.96. The van der Waals surface area contributed by atoms with Crippen molar-refractivity contribution in [1.29, 1.82) is 5.41 Å². The van der Waals surface area contributed by atoms with Crippen molar-refractivity contribution in [3.8, 4) is 0 Å². The Morgan fingerprint density at radius 1 is 1.29 bits per heavy atom. The fraction of sp³-hybridized carbons (Fsp3) is 0.440. The van der Waals surface area contributed by atoms with Crippen LogP contribution in [0.1, 0.15) is 54.5 Å². The highest BCUT2D eigenvalue weighted by Gasteiger charge is 2.45. The monoisotopic (exact) mass is 465 g/mol. The average Bonchev–Trinajstić information content (AvgIpc) is 3.43. The molecule has 2 N–H and O–H groups in total. The number of nitrogens with one attached hydrogen (secondary N) is 2. The van der Waals surface area contributed by atoms with E-state index < -0.39 is 6.23 Å². The van der Waals surface area contributed by atoms with Gasteiger partial charge in [0.05, 0.1) is 18.5 Å². The van der Waals surface area contributed by atoms with E-state index in [1.54, 1.807) is 28.0 Å². The van der Waals surface area contributed by atoms with E-state index in [-0.39, 0.29) is 29.4 Å².